The summed E-state index contributed by atoms with van der Waals surface area (Å²) >= 11 is 0. The number of fused-ring (bicyclic) bond motifs is 1. The van der Waals surface area contributed by atoms with E-state index in [1.165, 1.54) is 0 Å². The first kappa shape index (κ1) is 14.6. The van der Waals surface area contributed by atoms with E-state index in [9.17, 15) is 4.79 Å². The normalized spacial score (nSPS) is 15.8. The molecule has 1 aliphatic rings. The maximum absolute atomic E-state index is 12.0. The molecule has 4 nitrogen and oxygen atoms in total. The van der Waals surface area contributed by atoms with Gasteiger partial charge in [0.2, 0.25) is 0 Å². The van der Waals surface area contributed by atoms with Gasteiger partial charge in [0.25, 0.3) is 5.91 Å². The second-order valence-corrected chi connectivity index (χ2v) is 5.72. The van der Waals surface area contributed by atoms with Crippen LogP contribution < -0.4 is 15.4 Å². The summed E-state index contributed by atoms with van der Waals surface area (Å²) in [6.07, 6.45) is 0. The summed E-state index contributed by atoms with van der Waals surface area (Å²) in [5.41, 5.74) is 8.93. The number of hydrogen-bond acceptors (Lipinski definition) is 3. The molecule has 108 valence electrons. The molecule has 1 aromatic carbocycles. The minimum absolute atomic E-state index is 0.0456. The first-order valence-electron chi connectivity index (χ1n) is 6.87. The fraction of sp³-hybridized carbons (Fsp3) is 0.438. The monoisotopic (exact) mass is 274 g/mol. The Morgan fingerprint density at radius 3 is 2.80 bits per heavy atom. The molecule has 0 saturated carbocycles. The van der Waals surface area contributed by atoms with Crippen molar-refractivity contribution in [2.45, 2.75) is 26.8 Å². The summed E-state index contributed by atoms with van der Waals surface area (Å²) in [4.78, 5) is 13.8. The van der Waals surface area contributed by atoms with Gasteiger partial charge in [-0.05, 0) is 30.5 Å². The number of nitrogens with zero attached hydrogens (tertiary/aromatic N) is 1. The van der Waals surface area contributed by atoms with E-state index in [0.717, 1.165) is 22.6 Å². The predicted octanol–water partition coefficient (Wildman–Crippen LogP) is 2.64. The maximum atomic E-state index is 12.0. The molecule has 0 spiro atoms. The highest BCUT2D eigenvalue weighted by molar-refractivity contribution is 5.98. The van der Waals surface area contributed by atoms with Gasteiger partial charge in [-0.3, -0.25) is 4.79 Å². The zero-order valence-electron chi connectivity index (χ0n) is 12.3. The lowest BCUT2D eigenvalue weighted by atomic mass is 9.96. The fourth-order valence-corrected chi connectivity index (χ4v) is 2.25. The third-order valence-electron chi connectivity index (χ3n) is 3.46. The summed E-state index contributed by atoms with van der Waals surface area (Å²) < 4.78 is 5.48. The molecule has 0 bridgehead atoms. The van der Waals surface area contributed by atoms with Crippen LogP contribution >= 0.6 is 0 Å². The summed E-state index contributed by atoms with van der Waals surface area (Å²) in [5, 5.41) is 0. The van der Waals surface area contributed by atoms with Gasteiger partial charge in [0.05, 0.1) is 5.69 Å². The highest BCUT2D eigenvalue weighted by Crippen LogP contribution is 2.35. The first-order chi connectivity index (χ1) is 9.40. The van der Waals surface area contributed by atoms with Crippen molar-refractivity contribution in [2.24, 2.45) is 11.7 Å². The van der Waals surface area contributed by atoms with Crippen molar-refractivity contribution in [3.8, 4) is 5.75 Å². The largest absolute Gasteiger partial charge is 0.482 e. The number of hydrogen-bond donors (Lipinski definition) is 1. The Labute approximate surface area is 120 Å². The maximum Gasteiger partial charge on any atom is 0.265 e. The number of carbonyl (C=O) groups excluding carboxylic acids is 1. The van der Waals surface area contributed by atoms with E-state index in [-0.39, 0.29) is 18.6 Å². The van der Waals surface area contributed by atoms with E-state index >= 15 is 0 Å². The Balaban J connectivity index is 2.40. The summed E-state index contributed by atoms with van der Waals surface area (Å²) in [6.45, 7) is 10.5. The summed E-state index contributed by atoms with van der Waals surface area (Å²) in [5.74, 6) is 1.02. The average molecular weight is 274 g/mol. The van der Waals surface area contributed by atoms with Crippen LogP contribution in [0.3, 0.4) is 0 Å². The average Bonchev–Trinajstić information content (AvgIpc) is 2.40. The Kier molecular flexibility index (Phi) is 4.14. The Bertz CT molecular complexity index is 537. The molecule has 1 aliphatic heterocycles. The number of rotatable bonds is 4. The quantitative estimate of drug-likeness (QED) is 0.859. The fourth-order valence-electron chi connectivity index (χ4n) is 2.25. The van der Waals surface area contributed by atoms with Crippen molar-refractivity contribution in [2.75, 3.05) is 18.1 Å². The number of amides is 1. The van der Waals surface area contributed by atoms with Gasteiger partial charge in [-0.15, -0.1) is 0 Å². The Morgan fingerprint density at radius 2 is 2.20 bits per heavy atom. The molecule has 0 aromatic heterocycles. The van der Waals surface area contributed by atoms with Crippen LogP contribution in [0.2, 0.25) is 0 Å². The molecule has 1 amide bonds. The highest BCUT2D eigenvalue weighted by Gasteiger charge is 2.26. The second-order valence-electron chi connectivity index (χ2n) is 5.72. The third kappa shape index (κ3) is 2.85. The molecule has 1 aromatic rings. The lowest BCUT2D eigenvalue weighted by Gasteiger charge is -2.30. The molecule has 20 heavy (non-hydrogen) atoms. The number of benzene rings is 1. The summed E-state index contributed by atoms with van der Waals surface area (Å²) in [7, 11) is 0. The van der Waals surface area contributed by atoms with Crippen molar-refractivity contribution in [1.29, 1.82) is 0 Å². The first-order valence-corrected chi connectivity index (χ1v) is 6.87. The van der Waals surface area contributed by atoms with Crippen molar-refractivity contribution in [3.63, 3.8) is 0 Å². The predicted molar refractivity (Wildman–Crippen MR) is 80.9 cm³/mol. The minimum Gasteiger partial charge on any atom is -0.482 e. The topological polar surface area (TPSA) is 55.6 Å². The van der Waals surface area contributed by atoms with Crippen LogP contribution in [0.15, 0.2) is 30.4 Å². The molecule has 0 fully saturated rings. The molecule has 0 saturated heterocycles. The zero-order valence-corrected chi connectivity index (χ0v) is 12.3. The number of anilines is 1. The number of nitrogens with two attached hydrogens (primary N) is 1. The molecular weight excluding hydrogens is 252 g/mol. The van der Waals surface area contributed by atoms with Gasteiger partial charge in [0.15, 0.2) is 6.61 Å². The summed E-state index contributed by atoms with van der Waals surface area (Å²) in [6, 6.07) is 5.77. The molecule has 2 N–H and O–H groups in total. The smallest absolute Gasteiger partial charge is 0.265 e. The lowest BCUT2D eigenvalue weighted by molar-refractivity contribution is -0.121. The minimum atomic E-state index is -0.0518. The molecule has 4 heteroatoms. The number of carbonyl (C=O) groups is 1. The van der Waals surface area contributed by atoms with Gasteiger partial charge in [-0.1, -0.05) is 32.1 Å². The zero-order chi connectivity index (χ0) is 14.9. The van der Waals surface area contributed by atoms with E-state index < -0.39 is 0 Å². The van der Waals surface area contributed by atoms with E-state index in [2.05, 4.69) is 20.4 Å². The number of ether oxygens (including phenoxy) is 1. The molecule has 2 rings (SSSR count). The van der Waals surface area contributed by atoms with Crippen molar-refractivity contribution < 1.29 is 9.53 Å². The van der Waals surface area contributed by atoms with E-state index in [1.807, 2.05) is 25.1 Å². The second kappa shape index (κ2) is 5.67. The SMILES string of the molecule is C=C(C)CN1C(=O)COc2ccc(C(N)C(C)C)cc21. The Morgan fingerprint density at radius 1 is 1.50 bits per heavy atom. The van der Waals surface area contributed by atoms with Crippen LogP contribution in [0.5, 0.6) is 5.75 Å². The van der Waals surface area contributed by atoms with Crippen LogP contribution in [0, 0.1) is 5.92 Å². The van der Waals surface area contributed by atoms with Gasteiger partial charge in [-0.2, -0.15) is 0 Å². The van der Waals surface area contributed by atoms with Crippen LogP contribution in [0.1, 0.15) is 32.4 Å². The van der Waals surface area contributed by atoms with Crippen LogP contribution in [-0.2, 0) is 4.79 Å². The van der Waals surface area contributed by atoms with Crippen molar-refractivity contribution in [1.82, 2.24) is 0 Å². The highest BCUT2D eigenvalue weighted by atomic mass is 16.5. The van der Waals surface area contributed by atoms with Crippen LogP contribution in [0.25, 0.3) is 0 Å². The molecule has 1 atom stereocenters. The van der Waals surface area contributed by atoms with E-state index in [1.54, 1.807) is 4.90 Å². The van der Waals surface area contributed by atoms with Crippen LogP contribution in [-0.4, -0.2) is 19.1 Å². The van der Waals surface area contributed by atoms with Gasteiger partial charge < -0.3 is 15.4 Å². The van der Waals surface area contributed by atoms with Crippen molar-refractivity contribution in [3.05, 3.63) is 35.9 Å². The van der Waals surface area contributed by atoms with E-state index in [4.69, 9.17) is 10.5 Å². The molecule has 0 radical (unpaired) electrons. The third-order valence-corrected chi connectivity index (χ3v) is 3.46. The standard InChI is InChI=1S/C16H22N2O2/c1-10(2)8-18-13-7-12(16(17)11(3)4)5-6-14(13)20-9-15(18)19/h5-7,11,16H,1,8-9,17H2,2-4H3. The molecule has 1 heterocycles. The van der Waals surface area contributed by atoms with Gasteiger partial charge in [-0.25, -0.2) is 0 Å². The van der Waals surface area contributed by atoms with Gasteiger partial charge in [0.1, 0.15) is 5.75 Å². The van der Waals surface area contributed by atoms with Gasteiger partial charge in [0, 0.05) is 12.6 Å². The molecule has 1 unspecified atom stereocenters. The molecule has 0 aliphatic carbocycles. The van der Waals surface area contributed by atoms with Gasteiger partial charge >= 0.3 is 0 Å². The van der Waals surface area contributed by atoms with E-state index in [0.29, 0.717) is 12.5 Å². The van der Waals surface area contributed by atoms with Crippen LogP contribution in [0.4, 0.5) is 5.69 Å². The van der Waals surface area contributed by atoms with Crippen molar-refractivity contribution >= 4 is 11.6 Å². The lowest BCUT2D eigenvalue weighted by Crippen LogP contribution is -2.39. The Hall–Kier alpha value is -1.81. The molecular formula is C16H22N2O2.